The van der Waals surface area contributed by atoms with Crippen molar-refractivity contribution in [3.63, 3.8) is 0 Å². The summed E-state index contributed by atoms with van der Waals surface area (Å²) in [7, 11) is 0. The Labute approximate surface area is 202 Å². The lowest BCUT2D eigenvalue weighted by Crippen LogP contribution is -2.43. The Kier molecular flexibility index (Phi) is 6.56. The highest BCUT2D eigenvalue weighted by atomic mass is 32.1. The lowest BCUT2D eigenvalue weighted by molar-refractivity contribution is 0.174. The minimum absolute atomic E-state index is 0.0842. The third-order valence-electron chi connectivity index (χ3n) is 5.56. The van der Waals surface area contributed by atoms with Crippen LogP contribution in [0.25, 0.3) is 10.2 Å². The number of hydrogen-bond acceptors (Lipinski definition) is 8. The van der Waals surface area contributed by atoms with Crippen molar-refractivity contribution in [1.82, 2.24) is 20.5 Å². The zero-order valence-electron chi connectivity index (χ0n) is 18.3. The molecule has 0 spiro atoms. The number of pyridine rings is 1. The van der Waals surface area contributed by atoms with Gasteiger partial charge < -0.3 is 25.0 Å². The van der Waals surface area contributed by atoms with Crippen molar-refractivity contribution in [3.8, 4) is 11.5 Å². The molecule has 10 heteroatoms. The average molecular weight is 483 g/mol. The molecule has 1 aromatic carbocycles. The van der Waals surface area contributed by atoms with E-state index in [1.807, 2.05) is 30.5 Å². The largest absolute Gasteiger partial charge is 0.454 e. The van der Waals surface area contributed by atoms with Gasteiger partial charge in [0.2, 0.25) is 6.79 Å². The van der Waals surface area contributed by atoms with Gasteiger partial charge in [-0.15, -0.1) is 11.3 Å². The van der Waals surface area contributed by atoms with E-state index in [1.54, 1.807) is 17.7 Å². The molecule has 0 aliphatic carbocycles. The molecule has 5 rings (SSSR count). The molecule has 2 aromatic heterocycles. The van der Waals surface area contributed by atoms with Crippen LogP contribution in [-0.4, -0.2) is 47.8 Å². The Morgan fingerprint density at radius 1 is 1.27 bits per heavy atom. The van der Waals surface area contributed by atoms with Crippen molar-refractivity contribution < 1.29 is 9.47 Å². The molecule has 0 saturated heterocycles. The first-order chi connectivity index (χ1) is 16.2. The molecule has 172 valence electrons. The molecule has 3 aromatic rings. The van der Waals surface area contributed by atoms with E-state index in [-0.39, 0.29) is 13.0 Å². The van der Waals surface area contributed by atoms with Crippen LogP contribution in [0.2, 0.25) is 0 Å². The number of nitrogens with one attached hydrogen (secondary N) is 3. The van der Waals surface area contributed by atoms with Crippen LogP contribution in [0, 0.1) is 0 Å². The van der Waals surface area contributed by atoms with E-state index in [4.69, 9.17) is 21.7 Å². The van der Waals surface area contributed by atoms with E-state index in [9.17, 15) is 0 Å². The van der Waals surface area contributed by atoms with E-state index >= 15 is 0 Å². The highest BCUT2D eigenvalue weighted by molar-refractivity contribution is 7.80. The monoisotopic (exact) mass is 482 g/mol. The summed E-state index contributed by atoms with van der Waals surface area (Å²) in [5.74, 6) is 1.58. The van der Waals surface area contributed by atoms with Crippen LogP contribution >= 0.6 is 23.6 Å². The number of thiophene rings is 1. The topological polar surface area (TPSA) is 83.0 Å². The number of anilines is 1. The standard InChI is InChI=1S/C23H26N6O2S2/c1-2-9-29(23(32)26-12-15-5-6-17-18(11-15)31-14-30-17)10-8-24-21-20-19(27-13-28-21)16-4-3-7-25-22(16)33-20/h3-7,11,13,21,24H,2,8-10,12,14H2,1H3,(H,26,32)(H,27,28). The summed E-state index contributed by atoms with van der Waals surface area (Å²) in [5, 5.41) is 12.1. The lowest BCUT2D eigenvalue weighted by Gasteiger charge is -2.27. The van der Waals surface area contributed by atoms with Gasteiger partial charge in [0.1, 0.15) is 11.0 Å². The highest BCUT2D eigenvalue weighted by Gasteiger charge is 2.23. The van der Waals surface area contributed by atoms with Gasteiger partial charge in [0.05, 0.1) is 16.9 Å². The number of fused-ring (bicyclic) bond motifs is 4. The van der Waals surface area contributed by atoms with Gasteiger partial charge in [-0.1, -0.05) is 13.0 Å². The molecule has 0 saturated carbocycles. The summed E-state index contributed by atoms with van der Waals surface area (Å²) >= 11 is 7.38. The van der Waals surface area contributed by atoms with Gasteiger partial charge in [0.15, 0.2) is 16.6 Å². The van der Waals surface area contributed by atoms with Crippen LogP contribution < -0.4 is 25.4 Å². The van der Waals surface area contributed by atoms with Crippen LogP contribution in [0.3, 0.4) is 0 Å². The molecule has 33 heavy (non-hydrogen) atoms. The molecule has 1 unspecified atom stereocenters. The number of nitrogens with zero attached hydrogens (tertiary/aromatic N) is 3. The van der Waals surface area contributed by atoms with E-state index in [1.165, 1.54) is 0 Å². The maximum absolute atomic E-state index is 5.70. The maximum Gasteiger partial charge on any atom is 0.231 e. The fourth-order valence-corrected chi connectivity index (χ4v) is 5.33. The minimum Gasteiger partial charge on any atom is -0.454 e. The minimum atomic E-state index is -0.0842. The smallest absolute Gasteiger partial charge is 0.231 e. The van der Waals surface area contributed by atoms with Gasteiger partial charge in [-0.25, -0.2) is 4.98 Å². The molecular formula is C23H26N6O2S2. The fraction of sp³-hybridized carbons (Fsp3) is 0.348. The first-order valence-corrected chi connectivity index (χ1v) is 12.3. The Morgan fingerprint density at radius 3 is 3.09 bits per heavy atom. The molecule has 0 fully saturated rings. The van der Waals surface area contributed by atoms with Crippen molar-refractivity contribution >= 4 is 50.9 Å². The molecular weight excluding hydrogens is 456 g/mol. The van der Waals surface area contributed by atoms with Crippen LogP contribution in [-0.2, 0) is 6.54 Å². The molecule has 2 aliphatic heterocycles. The maximum atomic E-state index is 5.70. The number of aliphatic imine (C=N–C) groups is 1. The van der Waals surface area contributed by atoms with Crippen molar-refractivity contribution in [1.29, 1.82) is 0 Å². The number of aromatic nitrogens is 1. The summed E-state index contributed by atoms with van der Waals surface area (Å²) in [4.78, 5) is 13.5. The second-order valence-electron chi connectivity index (χ2n) is 7.81. The number of hydrogen-bond donors (Lipinski definition) is 3. The second-order valence-corrected chi connectivity index (χ2v) is 9.23. The van der Waals surface area contributed by atoms with E-state index in [0.717, 1.165) is 69.0 Å². The predicted molar refractivity (Wildman–Crippen MR) is 136 cm³/mol. The predicted octanol–water partition coefficient (Wildman–Crippen LogP) is 3.85. The first kappa shape index (κ1) is 21.9. The number of thiocarbonyl (C=S) groups is 1. The number of ether oxygens (including phenoxy) is 2. The van der Waals surface area contributed by atoms with E-state index in [2.05, 4.69) is 43.8 Å². The summed E-state index contributed by atoms with van der Waals surface area (Å²) in [5.41, 5.74) is 2.20. The van der Waals surface area contributed by atoms with Crippen LogP contribution in [0.5, 0.6) is 11.5 Å². The Balaban J connectivity index is 1.17. The third kappa shape index (κ3) is 4.73. The van der Waals surface area contributed by atoms with Gasteiger partial charge in [0, 0.05) is 37.8 Å². The normalized spacial score (nSPS) is 15.8. The van der Waals surface area contributed by atoms with Gasteiger partial charge in [-0.3, -0.25) is 10.3 Å². The molecule has 4 heterocycles. The van der Waals surface area contributed by atoms with Crippen LogP contribution in [0.4, 0.5) is 5.69 Å². The van der Waals surface area contributed by atoms with Gasteiger partial charge in [0.25, 0.3) is 0 Å². The third-order valence-corrected chi connectivity index (χ3v) is 7.12. The zero-order chi connectivity index (χ0) is 22.6. The number of rotatable bonds is 8. The molecule has 3 N–H and O–H groups in total. The van der Waals surface area contributed by atoms with Crippen LogP contribution in [0.1, 0.15) is 30.0 Å². The van der Waals surface area contributed by atoms with E-state index in [0.29, 0.717) is 6.54 Å². The quantitative estimate of drug-likeness (QED) is 0.418. The SMILES string of the molecule is CCCN(CCNC1N=CNc2c1sc1ncccc21)C(=S)NCc1ccc2c(c1)OCO2. The van der Waals surface area contributed by atoms with Crippen molar-refractivity contribution in [2.24, 2.45) is 4.99 Å². The molecule has 2 aliphatic rings. The van der Waals surface area contributed by atoms with Crippen molar-refractivity contribution in [3.05, 3.63) is 47.0 Å². The summed E-state index contributed by atoms with van der Waals surface area (Å²) < 4.78 is 10.8. The zero-order valence-corrected chi connectivity index (χ0v) is 20.0. The first-order valence-electron chi connectivity index (χ1n) is 11.0. The van der Waals surface area contributed by atoms with Gasteiger partial charge in [-0.2, -0.15) is 0 Å². The molecule has 8 nitrogen and oxygen atoms in total. The van der Waals surface area contributed by atoms with Crippen LogP contribution in [0.15, 0.2) is 41.5 Å². The molecule has 0 radical (unpaired) electrons. The van der Waals surface area contributed by atoms with Gasteiger partial charge in [-0.05, 0) is 48.5 Å². The number of benzene rings is 1. The molecule has 1 atom stereocenters. The van der Waals surface area contributed by atoms with Gasteiger partial charge >= 0.3 is 0 Å². The average Bonchev–Trinajstić information content (AvgIpc) is 3.46. The fourth-order valence-electron chi connectivity index (χ4n) is 3.94. The molecule has 0 bridgehead atoms. The lowest BCUT2D eigenvalue weighted by atomic mass is 10.2. The summed E-state index contributed by atoms with van der Waals surface area (Å²) in [6.45, 7) is 5.52. The van der Waals surface area contributed by atoms with Crippen molar-refractivity contribution in [2.75, 3.05) is 31.7 Å². The Bertz CT molecular complexity index is 1180. The second kappa shape index (κ2) is 9.90. The Hall–Kier alpha value is -2.95. The summed E-state index contributed by atoms with van der Waals surface area (Å²) in [6, 6.07) is 10.0. The van der Waals surface area contributed by atoms with Crippen molar-refractivity contribution in [2.45, 2.75) is 26.1 Å². The van der Waals surface area contributed by atoms with E-state index < -0.39 is 0 Å². The highest BCUT2D eigenvalue weighted by Crippen LogP contribution is 2.40. The molecule has 0 amide bonds. The summed E-state index contributed by atoms with van der Waals surface area (Å²) in [6.07, 6.45) is 4.52. The Morgan fingerprint density at radius 2 is 2.18 bits per heavy atom.